The van der Waals surface area contributed by atoms with Gasteiger partial charge in [-0.2, -0.15) is 0 Å². The molecule has 0 aromatic heterocycles. The van der Waals surface area contributed by atoms with Crippen LogP contribution in [0.2, 0.25) is 5.02 Å². The van der Waals surface area contributed by atoms with Crippen molar-refractivity contribution in [1.29, 1.82) is 0 Å². The number of halogens is 2. The van der Waals surface area contributed by atoms with E-state index in [1.165, 1.54) is 0 Å². The van der Waals surface area contributed by atoms with Crippen LogP contribution in [-0.2, 0) is 10.0 Å². The standard InChI is InChI=1S/C11H14BrClN2O2S/c12-10-2-1-8(13)7-11(10)15-18(16,17)9-3-5-14-6-4-9/h1-2,7,9,14-15H,3-6H2. The van der Waals surface area contributed by atoms with Gasteiger partial charge in [-0.25, -0.2) is 8.42 Å². The third kappa shape index (κ3) is 3.38. The van der Waals surface area contributed by atoms with Crippen LogP contribution in [0.3, 0.4) is 0 Å². The fraction of sp³-hybridized carbons (Fsp3) is 0.455. The molecule has 4 nitrogen and oxygen atoms in total. The lowest BCUT2D eigenvalue weighted by molar-refractivity contribution is 0.499. The lowest BCUT2D eigenvalue weighted by atomic mass is 10.2. The number of anilines is 1. The van der Waals surface area contributed by atoms with E-state index < -0.39 is 10.0 Å². The zero-order chi connectivity index (χ0) is 13.2. The first-order valence-corrected chi connectivity index (χ1v) is 8.38. The summed E-state index contributed by atoms with van der Waals surface area (Å²) in [7, 11) is -3.35. The zero-order valence-electron chi connectivity index (χ0n) is 9.62. The van der Waals surface area contributed by atoms with Gasteiger partial charge in [-0.1, -0.05) is 11.6 Å². The maximum Gasteiger partial charge on any atom is 0.235 e. The SMILES string of the molecule is O=S(=O)(Nc1cc(Cl)ccc1Br)C1CCNCC1. The summed E-state index contributed by atoms with van der Waals surface area (Å²) in [6, 6.07) is 5.03. The number of hydrogen-bond acceptors (Lipinski definition) is 3. The molecule has 0 bridgehead atoms. The Kier molecular flexibility index (Phi) is 4.53. The Morgan fingerprint density at radius 2 is 2.00 bits per heavy atom. The molecule has 18 heavy (non-hydrogen) atoms. The summed E-state index contributed by atoms with van der Waals surface area (Å²) in [5, 5.41) is 3.31. The normalized spacial score (nSPS) is 17.7. The van der Waals surface area contributed by atoms with E-state index in [1.807, 2.05) is 0 Å². The Morgan fingerprint density at radius 3 is 2.67 bits per heavy atom. The van der Waals surface area contributed by atoms with E-state index >= 15 is 0 Å². The second-order valence-electron chi connectivity index (χ2n) is 4.22. The molecule has 0 unspecified atom stereocenters. The molecule has 1 aromatic rings. The Hall–Kier alpha value is -0.300. The lowest BCUT2D eigenvalue weighted by Crippen LogP contribution is -2.38. The molecular weight excluding hydrogens is 340 g/mol. The molecule has 0 radical (unpaired) electrons. The molecule has 100 valence electrons. The Balaban J connectivity index is 2.18. The molecule has 1 saturated heterocycles. The summed E-state index contributed by atoms with van der Waals surface area (Å²) in [6.45, 7) is 1.48. The maximum absolute atomic E-state index is 12.2. The van der Waals surface area contributed by atoms with Crippen LogP contribution < -0.4 is 10.0 Å². The van der Waals surface area contributed by atoms with E-state index in [2.05, 4.69) is 26.0 Å². The van der Waals surface area contributed by atoms with Gasteiger partial charge in [0.15, 0.2) is 0 Å². The monoisotopic (exact) mass is 352 g/mol. The molecule has 1 aliphatic rings. The highest BCUT2D eigenvalue weighted by atomic mass is 79.9. The Labute approximate surface area is 120 Å². The van der Waals surface area contributed by atoms with Gasteiger partial charge in [0, 0.05) is 9.50 Å². The number of hydrogen-bond donors (Lipinski definition) is 2. The Morgan fingerprint density at radius 1 is 1.33 bits per heavy atom. The minimum Gasteiger partial charge on any atom is -0.317 e. The summed E-state index contributed by atoms with van der Waals surface area (Å²) in [5.74, 6) is 0. The molecule has 1 heterocycles. The first-order chi connectivity index (χ1) is 8.49. The number of benzene rings is 1. The van der Waals surface area contributed by atoms with Gasteiger partial charge in [-0.3, -0.25) is 4.72 Å². The van der Waals surface area contributed by atoms with Crippen LogP contribution in [0.25, 0.3) is 0 Å². The highest BCUT2D eigenvalue weighted by molar-refractivity contribution is 9.10. The van der Waals surface area contributed by atoms with Gasteiger partial charge in [0.05, 0.1) is 10.9 Å². The second-order valence-corrected chi connectivity index (χ2v) is 7.47. The van der Waals surface area contributed by atoms with Gasteiger partial charge in [-0.15, -0.1) is 0 Å². The van der Waals surface area contributed by atoms with E-state index in [9.17, 15) is 8.42 Å². The quantitative estimate of drug-likeness (QED) is 0.878. The maximum atomic E-state index is 12.2. The summed E-state index contributed by atoms with van der Waals surface area (Å²) >= 11 is 9.17. The van der Waals surface area contributed by atoms with Crippen molar-refractivity contribution in [2.45, 2.75) is 18.1 Å². The van der Waals surface area contributed by atoms with E-state index in [0.717, 1.165) is 13.1 Å². The molecule has 0 aliphatic carbocycles. The predicted molar refractivity (Wildman–Crippen MR) is 77.6 cm³/mol. The van der Waals surface area contributed by atoms with Crippen molar-refractivity contribution in [3.8, 4) is 0 Å². The summed E-state index contributed by atoms with van der Waals surface area (Å²) in [6.07, 6.45) is 1.26. The molecule has 1 aromatic carbocycles. The van der Waals surface area contributed by atoms with Crippen LogP contribution in [0.4, 0.5) is 5.69 Å². The third-order valence-electron chi connectivity index (χ3n) is 2.91. The average molecular weight is 354 g/mol. The van der Waals surface area contributed by atoms with Crippen molar-refractivity contribution in [2.75, 3.05) is 17.8 Å². The average Bonchev–Trinajstić information content (AvgIpc) is 2.35. The zero-order valence-corrected chi connectivity index (χ0v) is 12.8. The van der Waals surface area contributed by atoms with Crippen LogP contribution in [0.5, 0.6) is 0 Å². The minimum absolute atomic E-state index is 0.343. The van der Waals surface area contributed by atoms with Crippen molar-refractivity contribution < 1.29 is 8.42 Å². The van der Waals surface area contributed by atoms with Crippen molar-refractivity contribution in [2.24, 2.45) is 0 Å². The molecule has 2 N–H and O–H groups in total. The van der Waals surface area contributed by atoms with E-state index in [4.69, 9.17) is 11.6 Å². The third-order valence-corrected chi connectivity index (χ3v) is 5.69. The number of piperidine rings is 1. The van der Waals surface area contributed by atoms with Crippen molar-refractivity contribution in [3.63, 3.8) is 0 Å². The van der Waals surface area contributed by atoms with Crippen LogP contribution in [0.15, 0.2) is 22.7 Å². The smallest absolute Gasteiger partial charge is 0.235 e. The van der Waals surface area contributed by atoms with Gasteiger partial charge in [0.2, 0.25) is 10.0 Å². The van der Waals surface area contributed by atoms with Crippen LogP contribution in [-0.4, -0.2) is 26.8 Å². The minimum atomic E-state index is -3.35. The predicted octanol–water partition coefficient (Wildman–Crippen LogP) is 2.60. The molecule has 0 amide bonds. The summed E-state index contributed by atoms with van der Waals surface area (Å²) < 4.78 is 27.7. The van der Waals surface area contributed by atoms with Crippen LogP contribution >= 0.6 is 27.5 Å². The van der Waals surface area contributed by atoms with E-state index in [-0.39, 0.29) is 5.25 Å². The number of sulfonamides is 1. The fourth-order valence-corrected chi connectivity index (χ4v) is 4.07. The van der Waals surface area contributed by atoms with Gasteiger partial charge in [0.1, 0.15) is 0 Å². The molecule has 7 heteroatoms. The van der Waals surface area contributed by atoms with Crippen LogP contribution in [0, 0.1) is 0 Å². The van der Waals surface area contributed by atoms with Crippen molar-refractivity contribution in [1.82, 2.24) is 5.32 Å². The van der Waals surface area contributed by atoms with Gasteiger partial charge in [-0.05, 0) is 60.1 Å². The molecule has 2 rings (SSSR count). The topological polar surface area (TPSA) is 58.2 Å². The van der Waals surface area contributed by atoms with Crippen molar-refractivity contribution >= 4 is 43.2 Å². The van der Waals surface area contributed by atoms with Crippen LogP contribution in [0.1, 0.15) is 12.8 Å². The highest BCUT2D eigenvalue weighted by Crippen LogP contribution is 2.28. The first-order valence-electron chi connectivity index (χ1n) is 5.66. The molecule has 0 atom stereocenters. The van der Waals surface area contributed by atoms with Gasteiger partial charge >= 0.3 is 0 Å². The van der Waals surface area contributed by atoms with E-state index in [1.54, 1.807) is 18.2 Å². The largest absolute Gasteiger partial charge is 0.317 e. The summed E-state index contributed by atoms with van der Waals surface area (Å²) in [5.41, 5.74) is 0.487. The molecular formula is C11H14BrClN2O2S. The second kappa shape index (κ2) is 5.77. The first kappa shape index (κ1) is 14.1. The molecule has 1 aliphatic heterocycles. The molecule has 0 spiro atoms. The molecule has 1 fully saturated rings. The van der Waals surface area contributed by atoms with Gasteiger partial charge < -0.3 is 5.32 Å². The Bertz CT molecular complexity index is 530. The fourth-order valence-electron chi connectivity index (χ4n) is 1.92. The van der Waals surface area contributed by atoms with Gasteiger partial charge in [0.25, 0.3) is 0 Å². The van der Waals surface area contributed by atoms with E-state index in [0.29, 0.717) is 28.0 Å². The summed E-state index contributed by atoms with van der Waals surface area (Å²) in [4.78, 5) is 0. The molecule has 0 saturated carbocycles. The lowest BCUT2D eigenvalue weighted by Gasteiger charge is -2.23. The van der Waals surface area contributed by atoms with Crippen molar-refractivity contribution in [3.05, 3.63) is 27.7 Å². The highest BCUT2D eigenvalue weighted by Gasteiger charge is 2.27. The number of nitrogens with one attached hydrogen (secondary N) is 2. The number of rotatable bonds is 3.